The van der Waals surface area contributed by atoms with Crippen LogP contribution in [0.5, 0.6) is 0 Å². The van der Waals surface area contributed by atoms with Crippen LogP contribution in [0.25, 0.3) is 0 Å². The topological polar surface area (TPSA) is 318 Å². The monoisotopic (exact) mass is 963 g/mol. The van der Waals surface area contributed by atoms with Crippen LogP contribution in [0, 0.1) is 45.3 Å². The summed E-state index contributed by atoms with van der Waals surface area (Å²) in [6, 6.07) is 0. The SMILES string of the molecule is C=C(C)C(O)CCC(C)(OC1OC(CO)C(O)C(O)C1O)C1CCC2(C)C1C(O)CC1C3(C)CCC(OC4OC(CO)C(O)C(O)C4OC4OC(CO)C(O)C(O)C4O)C(C)(C)C3CCC12C. The number of fused-ring (bicyclic) bond motifs is 5. The van der Waals surface area contributed by atoms with Crippen molar-refractivity contribution in [3.8, 4) is 0 Å². The molecule has 7 aliphatic rings. The summed E-state index contributed by atoms with van der Waals surface area (Å²) in [5.74, 6) is -0.446. The molecule has 67 heavy (non-hydrogen) atoms. The minimum atomic E-state index is -1.80. The van der Waals surface area contributed by atoms with Gasteiger partial charge in [0.1, 0.15) is 73.2 Å². The molecule has 13 N–H and O–H groups in total. The third kappa shape index (κ3) is 9.03. The second kappa shape index (κ2) is 19.8. The molecule has 3 heterocycles. The van der Waals surface area contributed by atoms with Crippen molar-refractivity contribution in [2.75, 3.05) is 19.8 Å². The van der Waals surface area contributed by atoms with E-state index in [1.54, 1.807) is 6.92 Å². The van der Waals surface area contributed by atoms with E-state index in [4.69, 9.17) is 28.4 Å². The van der Waals surface area contributed by atoms with Gasteiger partial charge in [0.15, 0.2) is 18.9 Å². The third-order valence-electron chi connectivity index (χ3n) is 19.1. The molecule has 26 unspecified atom stereocenters. The summed E-state index contributed by atoms with van der Waals surface area (Å²) in [6.07, 6.45) is -19.9. The lowest BCUT2D eigenvalue weighted by molar-refractivity contribution is -0.378. The van der Waals surface area contributed by atoms with Gasteiger partial charge in [-0.3, -0.25) is 0 Å². The molecule has 0 radical (unpaired) electrons. The number of rotatable bonds is 14. The van der Waals surface area contributed by atoms with Gasteiger partial charge < -0.3 is 94.8 Å². The molecule has 0 amide bonds. The van der Waals surface area contributed by atoms with Crippen LogP contribution in [0.3, 0.4) is 0 Å². The lowest BCUT2D eigenvalue weighted by atomic mass is 9.35. The highest BCUT2D eigenvalue weighted by molar-refractivity contribution is 5.20. The summed E-state index contributed by atoms with van der Waals surface area (Å²) in [6.45, 7) is 16.8. The fourth-order valence-electron chi connectivity index (χ4n) is 14.9. The average molecular weight is 963 g/mol. The van der Waals surface area contributed by atoms with Gasteiger partial charge in [-0.1, -0.05) is 46.8 Å². The number of aliphatic hydroxyl groups is 13. The fraction of sp³-hybridized carbons (Fsp3) is 0.958. The molecule has 3 aliphatic heterocycles. The summed E-state index contributed by atoms with van der Waals surface area (Å²) >= 11 is 0. The summed E-state index contributed by atoms with van der Waals surface area (Å²) < 4.78 is 37.1. The number of hydrogen-bond acceptors (Lipinski definition) is 19. The number of hydrogen-bond donors (Lipinski definition) is 13. The highest BCUT2D eigenvalue weighted by atomic mass is 16.8. The first-order chi connectivity index (χ1) is 31.3. The molecule has 19 heteroatoms. The van der Waals surface area contributed by atoms with E-state index < -0.39 is 147 Å². The molecular formula is C48H82O19. The Hall–Kier alpha value is -1.02. The normalized spacial score (nSPS) is 52.3. The van der Waals surface area contributed by atoms with Gasteiger partial charge >= 0.3 is 0 Å². The molecule has 0 aromatic rings. The Morgan fingerprint density at radius 2 is 1.16 bits per heavy atom. The van der Waals surface area contributed by atoms with Crippen LogP contribution in [0.4, 0.5) is 0 Å². The summed E-state index contributed by atoms with van der Waals surface area (Å²) in [5.41, 5.74) is -2.06. The van der Waals surface area contributed by atoms with Gasteiger partial charge in [0.05, 0.1) is 43.7 Å². The molecule has 388 valence electrons. The van der Waals surface area contributed by atoms with E-state index in [9.17, 15) is 66.4 Å². The Kier molecular flexibility index (Phi) is 15.9. The van der Waals surface area contributed by atoms with Gasteiger partial charge in [-0.2, -0.15) is 0 Å². The van der Waals surface area contributed by atoms with Crippen LogP contribution >= 0.6 is 0 Å². The minimum absolute atomic E-state index is 0.0563. The summed E-state index contributed by atoms with van der Waals surface area (Å²) in [4.78, 5) is 0. The smallest absolute Gasteiger partial charge is 0.187 e. The Labute approximate surface area is 393 Å². The maximum absolute atomic E-state index is 12.7. The van der Waals surface area contributed by atoms with Crippen molar-refractivity contribution in [1.29, 1.82) is 0 Å². The maximum atomic E-state index is 12.7. The minimum Gasteiger partial charge on any atom is -0.394 e. The van der Waals surface area contributed by atoms with Crippen LogP contribution in [0.15, 0.2) is 12.2 Å². The zero-order valence-electron chi connectivity index (χ0n) is 40.2. The van der Waals surface area contributed by atoms with Gasteiger partial charge in [0.25, 0.3) is 0 Å². The zero-order chi connectivity index (χ0) is 49.5. The van der Waals surface area contributed by atoms with Crippen molar-refractivity contribution in [3.63, 3.8) is 0 Å². The van der Waals surface area contributed by atoms with Crippen molar-refractivity contribution in [2.24, 2.45) is 45.3 Å². The van der Waals surface area contributed by atoms with Gasteiger partial charge in [0, 0.05) is 0 Å². The standard InChI is InChI=1S/C48H82O19/c1-21(2)23(52)10-16-48(8,67-42-39(61)36(58)33(55)26(19-50)63-42)22-9-14-47(7)31(22)24(53)17-29-45(5)13-12-30(44(3,4)28(45)11-15-46(29,47)6)65-43-40(37(59)34(56)27(20-51)64-43)66-41-38(60)35(57)32(54)25(18-49)62-41/h22-43,49-61H,1,9-20H2,2-8H3. The van der Waals surface area contributed by atoms with Gasteiger partial charge in [-0.25, -0.2) is 0 Å². The fourth-order valence-corrected chi connectivity index (χ4v) is 14.9. The predicted octanol–water partition coefficient (Wildman–Crippen LogP) is -1.06. The lowest BCUT2D eigenvalue weighted by Crippen LogP contribution is -2.68. The van der Waals surface area contributed by atoms with Crippen molar-refractivity contribution < 1.29 is 94.8 Å². The zero-order valence-corrected chi connectivity index (χ0v) is 40.2. The predicted molar refractivity (Wildman–Crippen MR) is 235 cm³/mol. The maximum Gasteiger partial charge on any atom is 0.187 e. The molecule has 0 aromatic carbocycles. The Bertz CT molecular complexity index is 1700. The van der Waals surface area contributed by atoms with Gasteiger partial charge in [-0.05, 0) is 117 Å². The number of ether oxygens (including phenoxy) is 6. The van der Waals surface area contributed by atoms with Crippen LogP contribution in [0.2, 0.25) is 0 Å². The average Bonchev–Trinajstić information content (AvgIpc) is 3.67. The first-order valence-corrected chi connectivity index (χ1v) is 24.5. The molecule has 7 fully saturated rings. The van der Waals surface area contributed by atoms with Crippen LogP contribution in [-0.2, 0) is 28.4 Å². The molecule has 0 aromatic heterocycles. The Balaban J connectivity index is 1.13. The molecule has 3 saturated heterocycles. The second-order valence-corrected chi connectivity index (χ2v) is 23.0. The van der Waals surface area contributed by atoms with Crippen molar-refractivity contribution in [2.45, 2.75) is 222 Å². The Morgan fingerprint density at radius 3 is 1.73 bits per heavy atom. The Morgan fingerprint density at radius 1 is 0.642 bits per heavy atom. The highest BCUT2D eigenvalue weighted by Gasteiger charge is 2.72. The quantitative estimate of drug-likeness (QED) is 0.0729. The molecule has 0 bridgehead atoms. The first-order valence-electron chi connectivity index (χ1n) is 24.5. The number of aliphatic hydroxyl groups excluding tert-OH is 13. The van der Waals surface area contributed by atoms with Crippen molar-refractivity contribution >= 4 is 0 Å². The lowest BCUT2D eigenvalue weighted by Gasteiger charge is -2.71. The van der Waals surface area contributed by atoms with Crippen molar-refractivity contribution in [1.82, 2.24) is 0 Å². The molecule has 4 saturated carbocycles. The van der Waals surface area contributed by atoms with E-state index in [2.05, 4.69) is 41.2 Å². The molecule has 19 nitrogen and oxygen atoms in total. The molecule has 4 aliphatic carbocycles. The van der Waals surface area contributed by atoms with E-state index in [1.165, 1.54) is 0 Å². The highest BCUT2D eigenvalue weighted by Crippen LogP contribution is 2.76. The summed E-state index contributed by atoms with van der Waals surface area (Å²) in [7, 11) is 0. The summed E-state index contributed by atoms with van der Waals surface area (Å²) in [5, 5.41) is 140. The molecule has 7 rings (SSSR count). The first kappa shape index (κ1) is 53.8. The van der Waals surface area contributed by atoms with Gasteiger partial charge in [-0.15, -0.1) is 0 Å². The largest absolute Gasteiger partial charge is 0.394 e. The van der Waals surface area contributed by atoms with Crippen LogP contribution in [0.1, 0.15) is 106 Å². The van der Waals surface area contributed by atoms with E-state index in [-0.39, 0.29) is 40.9 Å². The molecular weight excluding hydrogens is 881 g/mol. The van der Waals surface area contributed by atoms with Crippen LogP contribution < -0.4 is 0 Å². The van der Waals surface area contributed by atoms with Crippen molar-refractivity contribution in [3.05, 3.63) is 12.2 Å². The van der Waals surface area contributed by atoms with Crippen LogP contribution in [-0.4, -0.2) is 202 Å². The second-order valence-electron chi connectivity index (χ2n) is 23.0. The molecule has 0 spiro atoms. The third-order valence-corrected chi connectivity index (χ3v) is 19.1. The van der Waals surface area contributed by atoms with E-state index in [1.807, 2.05) is 6.92 Å². The van der Waals surface area contributed by atoms with E-state index in [0.29, 0.717) is 37.7 Å². The van der Waals surface area contributed by atoms with E-state index >= 15 is 0 Å². The van der Waals surface area contributed by atoms with E-state index in [0.717, 1.165) is 19.3 Å². The van der Waals surface area contributed by atoms with Gasteiger partial charge in [0.2, 0.25) is 0 Å². The molecule has 26 atom stereocenters.